The van der Waals surface area contributed by atoms with Crippen LogP contribution in [-0.2, 0) is 12.7 Å². The lowest BCUT2D eigenvalue weighted by Gasteiger charge is -2.09. The number of hydrogen-bond donors (Lipinski definition) is 2. The highest BCUT2D eigenvalue weighted by Gasteiger charge is 2.30. The number of nitrogens with one attached hydrogen (secondary N) is 2. The highest BCUT2D eigenvalue weighted by molar-refractivity contribution is 5.79. The molecule has 130 valence electrons. The Morgan fingerprint density at radius 2 is 1.80 bits per heavy atom. The zero-order valence-corrected chi connectivity index (χ0v) is 13.7. The third-order valence-electron chi connectivity index (χ3n) is 3.29. The maximum absolute atomic E-state index is 12.6. The van der Waals surface area contributed by atoms with E-state index >= 15 is 0 Å². The number of nitrogens with zero attached hydrogens (tertiary/aromatic N) is 1. The minimum absolute atomic E-state index is 0.269. The molecule has 0 saturated carbocycles. The predicted molar refractivity (Wildman–Crippen MR) is 93.0 cm³/mol. The van der Waals surface area contributed by atoms with Crippen LogP contribution in [-0.4, -0.2) is 19.6 Å². The SMILES string of the molecule is CN=C(NCC#Cc1cccc(C(F)(F)F)c1)NCc1ccccc1. The van der Waals surface area contributed by atoms with E-state index in [1.807, 2.05) is 30.3 Å². The van der Waals surface area contributed by atoms with Crippen molar-refractivity contribution in [2.24, 2.45) is 4.99 Å². The molecule has 0 aromatic heterocycles. The van der Waals surface area contributed by atoms with Gasteiger partial charge in [0.2, 0.25) is 0 Å². The molecule has 0 spiro atoms. The third-order valence-corrected chi connectivity index (χ3v) is 3.29. The van der Waals surface area contributed by atoms with E-state index in [1.54, 1.807) is 13.1 Å². The Labute approximate surface area is 145 Å². The largest absolute Gasteiger partial charge is 0.416 e. The second-order valence-electron chi connectivity index (χ2n) is 5.15. The van der Waals surface area contributed by atoms with E-state index in [9.17, 15) is 13.2 Å². The van der Waals surface area contributed by atoms with E-state index < -0.39 is 11.7 Å². The van der Waals surface area contributed by atoms with Gasteiger partial charge in [0.15, 0.2) is 5.96 Å². The molecule has 2 aromatic carbocycles. The summed E-state index contributed by atoms with van der Waals surface area (Å²) in [4.78, 5) is 4.07. The van der Waals surface area contributed by atoms with Crippen molar-refractivity contribution in [3.63, 3.8) is 0 Å². The monoisotopic (exact) mass is 345 g/mol. The molecule has 0 amide bonds. The summed E-state index contributed by atoms with van der Waals surface area (Å²) in [5.74, 6) is 6.08. The van der Waals surface area contributed by atoms with Crippen molar-refractivity contribution in [3.8, 4) is 11.8 Å². The van der Waals surface area contributed by atoms with E-state index in [-0.39, 0.29) is 6.54 Å². The molecule has 0 heterocycles. The summed E-state index contributed by atoms with van der Waals surface area (Å²) < 4.78 is 37.9. The molecular weight excluding hydrogens is 327 g/mol. The Kier molecular flexibility index (Phi) is 6.47. The fourth-order valence-corrected chi connectivity index (χ4v) is 2.05. The number of hydrogen-bond acceptors (Lipinski definition) is 1. The lowest BCUT2D eigenvalue weighted by Crippen LogP contribution is -2.36. The predicted octanol–water partition coefficient (Wildman–Crippen LogP) is 3.42. The summed E-state index contributed by atoms with van der Waals surface area (Å²) in [5, 5.41) is 6.13. The van der Waals surface area contributed by atoms with Gasteiger partial charge in [-0.25, -0.2) is 0 Å². The van der Waals surface area contributed by atoms with Crippen molar-refractivity contribution in [2.45, 2.75) is 12.7 Å². The molecule has 2 N–H and O–H groups in total. The van der Waals surface area contributed by atoms with Crippen LogP contribution in [0.2, 0.25) is 0 Å². The fourth-order valence-electron chi connectivity index (χ4n) is 2.05. The van der Waals surface area contributed by atoms with Gasteiger partial charge in [-0.15, -0.1) is 0 Å². The van der Waals surface area contributed by atoms with Gasteiger partial charge in [0.05, 0.1) is 12.1 Å². The molecule has 0 unspecified atom stereocenters. The number of guanidine groups is 1. The Morgan fingerprint density at radius 3 is 2.48 bits per heavy atom. The maximum atomic E-state index is 12.6. The molecule has 0 aliphatic carbocycles. The van der Waals surface area contributed by atoms with Gasteiger partial charge in [0.25, 0.3) is 0 Å². The van der Waals surface area contributed by atoms with Crippen molar-refractivity contribution in [1.29, 1.82) is 0 Å². The van der Waals surface area contributed by atoms with E-state index in [1.165, 1.54) is 6.07 Å². The van der Waals surface area contributed by atoms with E-state index in [0.717, 1.165) is 17.7 Å². The number of rotatable bonds is 3. The second kappa shape index (κ2) is 8.78. The van der Waals surface area contributed by atoms with Gasteiger partial charge < -0.3 is 10.6 Å². The Hall–Kier alpha value is -2.94. The molecule has 0 aliphatic rings. The van der Waals surface area contributed by atoms with Crippen LogP contribution in [0.5, 0.6) is 0 Å². The molecule has 0 saturated heterocycles. The molecule has 0 radical (unpaired) electrons. The molecule has 0 fully saturated rings. The van der Waals surface area contributed by atoms with Crippen molar-refractivity contribution < 1.29 is 13.2 Å². The van der Waals surface area contributed by atoms with Crippen molar-refractivity contribution in [1.82, 2.24) is 10.6 Å². The third kappa shape index (κ3) is 6.22. The maximum Gasteiger partial charge on any atom is 0.416 e. The molecule has 2 rings (SSSR count). The number of halogens is 3. The van der Waals surface area contributed by atoms with Crippen LogP contribution in [0.3, 0.4) is 0 Å². The van der Waals surface area contributed by atoms with Crippen LogP contribution >= 0.6 is 0 Å². The first-order chi connectivity index (χ1) is 12.0. The smallest absolute Gasteiger partial charge is 0.352 e. The van der Waals surface area contributed by atoms with Crippen molar-refractivity contribution in [2.75, 3.05) is 13.6 Å². The van der Waals surface area contributed by atoms with E-state index in [0.29, 0.717) is 18.1 Å². The summed E-state index contributed by atoms with van der Waals surface area (Å²) in [5.41, 5.74) is 0.733. The van der Waals surface area contributed by atoms with Gasteiger partial charge in [0.1, 0.15) is 0 Å². The summed E-state index contributed by atoms with van der Waals surface area (Å²) in [6, 6.07) is 14.8. The standard InChI is InChI=1S/C19H18F3N3/c1-23-18(25-14-16-7-3-2-4-8-16)24-12-6-10-15-9-5-11-17(13-15)19(20,21)22/h2-5,7-9,11,13H,12,14H2,1H3,(H2,23,24,25). The van der Waals surface area contributed by atoms with E-state index in [4.69, 9.17) is 0 Å². The molecule has 25 heavy (non-hydrogen) atoms. The lowest BCUT2D eigenvalue weighted by molar-refractivity contribution is -0.137. The van der Waals surface area contributed by atoms with Gasteiger partial charge in [-0.1, -0.05) is 48.2 Å². The Bertz CT molecular complexity index is 772. The first-order valence-electron chi connectivity index (χ1n) is 7.63. The molecule has 0 atom stereocenters. The Morgan fingerprint density at radius 1 is 1.04 bits per heavy atom. The quantitative estimate of drug-likeness (QED) is 0.508. The van der Waals surface area contributed by atoms with Gasteiger partial charge in [0, 0.05) is 19.2 Å². The number of benzene rings is 2. The molecule has 2 aromatic rings. The minimum atomic E-state index is -4.36. The van der Waals surface area contributed by atoms with Crippen molar-refractivity contribution in [3.05, 3.63) is 71.3 Å². The Balaban J connectivity index is 1.86. The van der Waals surface area contributed by atoms with Crippen LogP contribution in [0, 0.1) is 11.8 Å². The molecule has 0 aliphatic heterocycles. The van der Waals surface area contributed by atoms with Crippen LogP contribution in [0.25, 0.3) is 0 Å². The van der Waals surface area contributed by atoms with Crippen LogP contribution in [0.4, 0.5) is 13.2 Å². The lowest BCUT2D eigenvalue weighted by atomic mass is 10.1. The summed E-state index contributed by atoms with van der Waals surface area (Å²) in [7, 11) is 1.64. The normalized spacial score (nSPS) is 11.4. The number of aliphatic imine (C=N–C) groups is 1. The fraction of sp³-hybridized carbons (Fsp3) is 0.211. The molecule has 6 heteroatoms. The average molecular weight is 345 g/mol. The van der Waals surface area contributed by atoms with Crippen LogP contribution < -0.4 is 10.6 Å². The minimum Gasteiger partial charge on any atom is -0.352 e. The van der Waals surface area contributed by atoms with Crippen molar-refractivity contribution >= 4 is 5.96 Å². The summed E-state index contributed by atoms with van der Waals surface area (Å²) >= 11 is 0. The first kappa shape index (κ1) is 18.4. The highest BCUT2D eigenvalue weighted by Crippen LogP contribution is 2.29. The first-order valence-corrected chi connectivity index (χ1v) is 7.63. The van der Waals surface area contributed by atoms with Gasteiger partial charge >= 0.3 is 6.18 Å². The van der Waals surface area contributed by atoms with Crippen LogP contribution in [0.15, 0.2) is 59.6 Å². The van der Waals surface area contributed by atoms with E-state index in [2.05, 4.69) is 27.5 Å². The highest BCUT2D eigenvalue weighted by atomic mass is 19.4. The average Bonchev–Trinajstić information content (AvgIpc) is 2.61. The van der Waals surface area contributed by atoms with Gasteiger partial charge in [-0.3, -0.25) is 4.99 Å². The molecular formula is C19H18F3N3. The summed E-state index contributed by atoms with van der Waals surface area (Å²) in [6.07, 6.45) is -4.36. The second-order valence-corrected chi connectivity index (χ2v) is 5.15. The van der Waals surface area contributed by atoms with Gasteiger partial charge in [-0.05, 0) is 23.8 Å². The zero-order chi connectivity index (χ0) is 18.1. The zero-order valence-electron chi connectivity index (χ0n) is 13.7. The summed E-state index contributed by atoms with van der Waals surface area (Å²) in [6.45, 7) is 0.881. The van der Waals surface area contributed by atoms with Gasteiger partial charge in [-0.2, -0.15) is 13.2 Å². The van der Waals surface area contributed by atoms with Crippen LogP contribution in [0.1, 0.15) is 16.7 Å². The molecule has 0 bridgehead atoms. The molecule has 3 nitrogen and oxygen atoms in total. The topological polar surface area (TPSA) is 36.4 Å². The number of alkyl halides is 3.